The van der Waals surface area contributed by atoms with Gasteiger partial charge in [0.25, 0.3) is 0 Å². The van der Waals surface area contributed by atoms with Crippen molar-refractivity contribution in [1.82, 2.24) is 4.98 Å². The van der Waals surface area contributed by atoms with Crippen LogP contribution in [0.25, 0.3) is 10.9 Å². The van der Waals surface area contributed by atoms with Crippen LogP contribution in [-0.2, 0) is 0 Å². The molecule has 76 valence electrons. The molecule has 1 aromatic carbocycles. The second kappa shape index (κ2) is 3.24. The summed E-state index contributed by atoms with van der Waals surface area (Å²) in [5.41, 5.74) is 7.80. The molecule has 0 radical (unpaired) electrons. The molecule has 0 spiro atoms. The van der Waals surface area contributed by atoms with Crippen molar-refractivity contribution in [2.24, 2.45) is 0 Å². The summed E-state index contributed by atoms with van der Waals surface area (Å²) in [6.07, 6.45) is 0. The summed E-state index contributed by atoms with van der Waals surface area (Å²) in [4.78, 5) is 14.8. The Kier molecular flexibility index (Phi) is 2.04. The highest BCUT2D eigenvalue weighted by molar-refractivity contribution is 5.96. The number of nitrogens with zero attached hydrogens (tertiary/aromatic N) is 1. The molecule has 2 aromatic rings. The fourth-order valence-electron chi connectivity index (χ4n) is 1.47. The summed E-state index contributed by atoms with van der Waals surface area (Å²) in [5.74, 6) is -1.06. The fraction of sp³-hybridized carbons (Fsp3) is 0.0909. The standard InChI is InChI=1S/C11H10N2O2/c1-6-2-3-7-8(12)5-10(11(14)15)13-9(7)4-6/h2-5H,1H3,(H2,12,13)(H,14,15). The van der Waals surface area contributed by atoms with E-state index in [9.17, 15) is 4.79 Å². The van der Waals surface area contributed by atoms with E-state index in [2.05, 4.69) is 4.98 Å². The summed E-state index contributed by atoms with van der Waals surface area (Å²) in [6.45, 7) is 1.92. The molecule has 0 unspecified atom stereocenters. The van der Waals surface area contributed by atoms with Crippen LogP contribution in [-0.4, -0.2) is 16.1 Å². The minimum atomic E-state index is -1.06. The number of hydrogen-bond donors (Lipinski definition) is 2. The Morgan fingerprint density at radius 2 is 2.13 bits per heavy atom. The number of carboxylic acids is 1. The maximum atomic E-state index is 10.8. The van der Waals surface area contributed by atoms with E-state index >= 15 is 0 Å². The third-order valence-corrected chi connectivity index (χ3v) is 2.22. The van der Waals surface area contributed by atoms with E-state index in [0.29, 0.717) is 11.2 Å². The molecule has 2 rings (SSSR count). The number of nitrogen functional groups attached to an aromatic ring is 1. The molecule has 0 bridgehead atoms. The predicted molar refractivity (Wildman–Crippen MR) is 57.9 cm³/mol. The minimum Gasteiger partial charge on any atom is -0.477 e. The van der Waals surface area contributed by atoms with Gasteiger partial charge in [0.15, 0.2) is 5.69 Å². The van der Waals surface area contributed by atoms with Crippen molar-refractivity contribution < 1.29 is 9.90 Å². The lowest BCUT2D eigenvalue weighted by atomic mass is 10.1. The number of hydrogen-bond acceptors (Lipinski definition) is 3. The van der Waals surface area contributed by atoms with Crippen molar-refractivity contribution in [2.75, 3.05) is 5.73 Å². The Bertz CT molecular complexity index is 550. The average molecular weight is 202 g/mol. The number of nitrogens with two attached hydrogens (primary N) is 1. The van der Waals surface area contributed by atoms with Crippen LogP contribution in [0.15, 0.2) is 24.3 Å². The van der Waals surface area contributed by atoms with Crippen LogP contribution < -0.4 is 5.73 Å². The molecule has 1 heterocycles. The number of benzene rings is 1. The monoisotopic (exact) mass is 202 g/mol. The van der Waals surface area contributed by atoms with E-state index in [0.717, 1.165) is 10.9 Å². The average Bonchev–Trinajstić information content (AvgIpc) is 2.16. The topological polar surface area (TPSA) is 76.2 Å². The van der Waals surface area contributed by atoms with E-state index in [1.807, 2.05) is 25.1 Å². The van der Waals surface area contributed by atoms with Gasteiger partial charge in [0, 0.05) is 11.1 Å². The summed E-state index contributed by atoms with van der Waals surface area (Å²) in [6, 6.07) is 6.96. The number of fused-ring (bicyclic) bond motifs is 1. The largest absolute Gasteiger partial charge is 0.477 e. The highest BCUT2D eigenvalue weighted by Crippen LogP contribution is 2.21. The van der Waals surface area contributed by atoms with Gasteiger partial charge in [0.05, 0.1) is 5.52 Å². The molecule has 0 saturated heterocycles. The lowest BCUT2D eigenvalue weighted by molar-refractivity contribution is 0.0691. The molecule has 15 heavy (non-hydrogen) atoms. The minimum absolute atomic E-state index is 0.0226. The maximum Gasteiger partial charge on any atom is 0.354 e. The number of carbonyl (C=O) groups is 1. The Morgan fingerprint density at radius 1 is 1.40 bits per heavy atom. The highest BCUT2D eigenvalue weighted by atomic mass is 16.4. The summed E-state index contributed by atoms with van der Waals surface area (Å²) in [7, 11) is 0. The van der Waals surface area contributed by atoms with Gasteiger partial charge in [0.2, 0.25) is 0 Å². The summed E-state index contributed by atoms with van der Waals surface area (Å²) >= 11 is 0. The molecular weight excluding hydrogens is 192 g/mol. The van der Waals surface area contributed by atoms with Crippen molar-refractivity contribution >= 4 is 22.6 Å². The summed E-state index contributed by atoms with van der Waals surface area (Å²) < 4.78 is 0. The molecule has 0 atom stereocenters. The molecule has 0 fully saturated rings. The van der Waals surface area contributed by atoms with Crippen molar-refractivity contribution in [3.05, 3.63) is 35.5 Å². The van der Waals surface area contributed by atoms with Gasteiger partial charge >= 0.3 is 5.97 Å². The van der Waals surface area contributed by atoms with Crippen molar-refractivity contribution in [3.63, 3.8) is 0 Å². The number of aryl methyl sites for hydroxylation is 1. The quantitative estimate of drug-likeness (QED) is 0.739. The Balaban J connectivity index is 2.79. The van der Waals surface area contributed by atoms with Gasteiger partial charge in [-0.2, -0.15) is 0 Å². The van der Waals surface area contributed by atoms with Gasteiger partial charge in [-0.1, -0.05) is 12.1 Å². The van der Waals surface area contributed by atoms with Crippen molar-refractivity contribution in [1.29, 1.82) is 0 Å². The van der Waals surface area contributed by atoms with Gasteiger partial charge < -0.3 is 10.8 Å². The molecular formula is C11H10N2O2. The van der Waals surface area contributed by atoms with Gasteiger partial charge in [0.1, 0.15) is 0 Å². The first-order valence-corrected chi connectivity index (χ1v) is 4.48. The highest BCUT2D eigenvalue weighted by Gasteiger charge is 2.08. The first-order chi connectivity index (χ1) is 7.08. The molecule has 0 aliphatic rings. The Morgan fingerprint density at radius 3 is 2.80 bits per heavy atom. The fourth-order valence-corrected chi connectivity index (χ4v) is 1.47. The second-order valence-electron chi connectivity index (χ2n) is 3.42. The van der Waals surface area contributed by atoms with Crippen LogP contribution in [0.1, 0.15) is 16.1 Å². The lowest BCUT2D eigenvalue weighted by Crippen LogP contribution is -2.02. The molecule has 0 amide bonds. The zero-order valence-electron chi connectivity index (χ0n) is 8.19. The molecule has 4 nitrogen and oxygen atoms in total. The van der Waals surface area contributed by atoms with Crippen LogP contribution in [0.2, 0.25) is 0 Å². The molecule has 0 saturated carbocycles. The van der Waals surface area contributed by atoms with Crippen LogP contribution in [0.4, 0.5) is 5.69 Å². The van der Waals surface area contributed by atoms with E-state index in [-0.39, 0.29) is 5.69 Å². The van der Waals surface area contributed by atoms with Gasteiger partial charge in [-0.3, -0.25) is 0 Å². The molecule has 4 heteroatoms. The molecule has 3 N–H and O–H groups in total. The molecule has 0 aliphatic heterocycles. The summed E-state index contributed by atoms with van der Waals surface area (Å²) in [5, 5.41) is 9.60. The smallest absolute Gasteiger partial charge is 0.354 e. The number of pyridine rings is 1. The van der Waals surface area contributed by atoms with E-state index in [1.54, 1.807) is 0 Å². The zero-order valence-corrected chi connectivity index (χ0v) is 8.19. The van der Waals surface area contributed by atoms with Crippen LogP contribution >= 0.6 is 0 Å². The van der Waals surface area contributed by atoms with Crippen molar-refractivity contribution in [2.45, 2.75) is 6.92 Å². The maximum absolute atomic E-state index is 10.8. The first kappa shape index (κ1) is 9.45. The number of carboxylic acid groups (broad SMARTS) is 1. The van der Waals surface area contributed by atoms with Gasteiger partial charge in [-0.05, 0) is 24.6 Å². The number of aromatic carboxylic acids is 1. The number of anilines is 1. The first-order valence-electron chi connectivity index (χ1n) is 4.48. The normalized spacial score (nSPS) is 10.5. The van der Waals surface area contributed by atoms with Gasteiger partial charge in [-0.25, -0.2) is 9.78 Å². The van der Waals surface area contributed by atoms with Crippen LogP contribution in [0.3, 0.4) is 0 Å². The van der Waals surface area contributed by atoms with E-state index in [1.165, 1.54) is 6.07 Å². The molecule has 1 aromatic heterocycles. The second-order valence-corrected chi connectivity index (χ2v) is 3.42. The van der Waals surface area contributed by atoms with Crippen LogP contribution in [0, 0.1) is 6.92 Å². The van der Waals surface area contributed by atoms with Gasteiger partial charge in [-0.15, -0.1) is 0 Å². The Hall–Kier alpha value is -2.10. The third kappa shape index (κ3) is 1.61. The number of aromatic nitrogens is 1. The Labute approximate surface area is 86.4 Å². The number of rotatable bonds is 1. The SMILES string of the molecule is Cc1ccc2c(N)cc(C(=O)O)nc2c1. The van der Waals surface area contributed by atoms with E-state index in [4.69, 9.17) is 10.8 Å². The lowest BCUT2D eigenvalue weighted by Gasteiger charge is -2.04. The van der Waals surface area contributed by atoms with Crippen molar-refractivity contribution in [3.8, 4) is 0 Å². The third-order valence-electron chi connectivity index (χ3n) is 2.22. The molecule has 0 aliphatic carbocycles. The predicted octanol–water partition coefficient (Wildman–Crippen LogP) is 1.82. The zero-order chi connectivity index (χ0) is 11.0. The van der Waals surface area contributed by atoms with Crippen LogP contribution in [0.5, 0.6) is 0 Å². The van der Waals surface area contributed by atoms with E-state index < -0.39 is 5.97 Å².